The van der Waals surface area contributed by atoms with Crippen LogP contribution in [-0.4, -0.2) is 67.2 Å². The number of carbonyl (C=O) groups is 3. The molecule has 9 heteroatoms. The van der Waals surface area contributed by atoms with Crippen LogP contribution in [-0.2, 0) is 25.6 Å². The van der Waals surface area contributed by atoms with Crippen molar-refractivity contribution in [2.75, 3.05) is 32.2 Å². The molecule has 4 rings (SSSR count). The standard InChI is InChI=1S/C20H26N4O5/c1-28-20(29-2)12-7-9-23(10-8-12)16-5-3-13-14(21-16)11-24(19(13)27)15-4-6-17(25)22-18(15)26/h3,5,12,15,20H,4,6-11H2,1-2H3,(H,22,25,26). The number of hydrogen-bond acceptors (Lipinski definition) is 7. The predicted octanol–water partition coefficient (Wildman–Crippen LogP) is 0.678. The first-order valence-corrected chi connectivity index (χ1v) is 9.97. The number of hydrogen-bond donors (Lipinski definition) is 1. The van der Waals surface area contributed by atoms with Crippen molar-refractivity contribution in [3.63, 3.8) is 0 Å². The van der Waals surface area contributed by atoms with Crippen molar-refractivity contribution < 1.29 is 23.9 Å². The zero-order valence-electron chi connectivity index (χ0n) is 16.7. The molecule has 3 aliphatic rings. The van der Waals surface area contributed by atoms with Gasteiger partial charge in [-0.2, -0.15) is 0 Å². The van der Waals surface area contributed by atoms with Gasteiger partial charge in [0.25, 0.3) is 5.91 Å². The van der Waals surface area contributed by atoms with Crippen LogP contribution in [0.3, 0.4) is 0 Å². The van der Waals surface area contributed by atoms with Gasteiger partial charge in [0.1, 0.15) is 11.9 Å². The highest BCUT2D eigenvalue weighted by atomic mass is 16.7. The number of aromatic nitrogens is 1. The van der Waals surface area contributed by atoms with Crippen molar-refractivity contribution in [3.8, 4) is 0 Å². The molecular weight excluding hydrogens is 376 g/mol. The zero-order chi connectivity index (χ0) is 20.5. The van der Waals surface area contributed by atoms with Crippen LogP contribution in [0.2, 0.25) is 0 Å². The highest BCUT2D eigenvalue weighted by Crippen LogP contribution is 2.30. The molecule has 156 valence electrons. The summed E-state index contributed by atoms with van der Waals surface area (Å²) in [5.74, 6) is 0.293. The van der Waals surface area contributed by atoms with Crippen molar-refractivity contribution in [1.29, 1.82) is 0 Å². The van der Waals surface area contributed by atoms with Crippen molar-refractivity contribution in [2.24, 2.45) is 5.92 Å². The molecule has 2 fully saturated rings. The van der Waals surface area contributed by atoms with Crippen molar-refractivity contribution in [3.05, 3.63) is 23.4 Å². The minimum Gasteiger partial charge on any atom is -0.357 e. The molecule has 0 spiro atoms. The Hall–Kier alpha value is -2.52. The van der Waals surface area contributed by atoms with Crippen LogP contribution in [0.25, 0.3) is 0 Å². The number of ether oxygens (including phenoxy) is 2. The van der Waals surface area contributed by atoms with Crippen LogP contribution in [0.4, 0.5) is 5.82 Å². The van der Waals surface area contributed by atoms with Crippen molar-refractivity contribution in [1.82, 2.24) is 15.2 Å². The molecule has 4 heterocycles. The third kappa shape index (κ3) is 3.72. The highest BCUT2D eigenvalue weighted by molar-refractivity contribution is 6.05. The molecule has 3 aliphatic heterocycles. The van der Waals surface area contributed by atoms with Gasteiger partial charge in [0.05, 0.1) is 17.8 Å². The lowest BCUT2D eigenvalue weighted by molar-refractivity contribution is -0.141. The molecule has 2 saturated heterocycles. The molecule has 1 aromatic rings. The number of nitrogens with one attached hydrogen (secondary N) is 1. The zero-order valence-corrected chi connectivity index (χ0v) is 16.7. The summed E-state index contributed by atoms with van der Waals surface area (Å²) in [6.07, 6.45) is 2.28. The Bertz CT molecular complexity index is 817. The molecule has 0 aromatic carbocycles. The number of fused-ring (bicyclic) bond motifs is 1. The molecule has 29 heavy (non-hydrogen) atoms. The smallest absolute Gasteiger partial charge is 0.256 e. The fourth-order valence-corrected chi connectivity index (χ4v) is 4.48. The van der Waals surface area contributed by atoms with Crippen molar-refractivity contribution in [2.45, 2.75) is 44.6 Å². The van der Waals surface area contributed by atoms with Gasteiger partial charge in [-0.15, -0.1) is 0 Å². The topological polar surface area (TPSA) is 101 Å². The van der Waals surface area contributed by atoms with E-state index in [9.17, 15) is 14.4 Å². The quantitative estimate of drug-likeness (QED) is 0.571. The van der Waals surface area contributed by atoms with Crippen LogP contribution in [0.1, 0.15) is 41.7 Å². The second kappa shape index (κ2) is 8.08. The summed E-state index contributed by atoms with van der Waals surface area (Å²) in [6, 6.07) is 3.05. The average Bonchev–Trinajstić information content (AvgIpc) is 3.05. The number of carbonyl (C=O) groups excluding carboxylic acids is 3. The van der Waals surface area contributed by atoms with Gasteiger partial charge >= 0.3 is 0 Å². The Morgan fingerprint density at radius 3 is 2.48 bits per heavy atom. The number of pyridine rings is 1. The first-order chi connectivity index (χ1) is 14.0. The Morgan fingerprint density at radius 1 is 1.10 bits per heavy atom. The highest BCUT2D eigenvalue weighted by Gasteiger charge is 2.40. The van der Waals surface area contributed by atoms with Crippen LogP contribution >= 0.6 is 0 Å². The first kappa shape index (κ1) is 19.8. The van der Waals surface area contributed by atoms with E-state index in [1.165, 1.54) is 4.90 Å². The number of nitrogens with zero attached hydrogens (tertiary/aromatic N) is 3. The lowest BCUT2D eigenvalue weighted by Crippen LogP contribution is -2.52. The number of methoxy groups -OCH3 is 2. The third-order valence-electron chi connectivity index (χ3n) is 6.07. The predicted molar refractivity (Wildman–Crippen MR) is 103 cm³/mol. The second-order valence-corrected chi connectivity index (χ2v) is 7.73. The summed E-state index contributed by atoms with van der Waals surface area (Å²) in [7, 11) is 3.32. The number of imide groups is 1. The molecule has 1 aromatic heterocycles. The van der Waals surface area contributed by atoms with Gasteiger partial charge in [0.15, 0.2) is 6.29 Å². The Balaban J connectivity index is 1.44. The van der Waals surface area contributed by atoms with E-state index in [0.29, 0.717) is 30.1 Å². The van der Waals surface area contributed by atoms with E-state index in [4.69, 9.17) is 14.5 Å². The fraction of sp³-hybridized carbons (Fsp3) is 0.600. The number of anilines is 1. The van der Waals surface area contributed by atoms with E-state index in [1.807, 2.05) is 6.07 Å². The molecule has 1 unspecified atom stereocenters. The Kier molecular flexibility index (Phi) is 5.51. The lowest BCUT2D eigenvalue weighted by Gasteiger charge is -2.35. The monoisotopic (exact) mass is 402 g/mol. The molecule has 0 radical (unpaired) electrons. The summed E-state index contributed by atoms with van der Waals surface area (Å²) in [5.41, 5.74) is 1.22. The van der Waals surface area contributed by atoms with Gasteiger partial charge in [-0.25, -0.2) is 4.98 Å². The van der Waals surface area contributed by atoms with E-state index in [2.05, 4.69) is 10.2 Å². The van der Waals surface area contributed by atoms with E-state index in [-0.39, 0.29) is 24.5 Å². The molecule has 1 atom stereocenters. The molecule has 3 amide bonds. The molecule has 0 saturated carbocycles. The van der Waals surface area contributed by atoms with Crippen LogP contribution in [0.15, 0.2) is 12.1 Å². The van der Waals surface area contributed by atoms with Crippen LogP contribution in [0, 0.1) is 5.92 Å². The lowest BCUT2D eigenvalue weighted by atomic mass is 9.96. The molecule has 1 N–H and O–H groups in total. The Morgan fingerprint density at radius 2 is 1.83 bits per heavy atom. The summed E-state index contributed by atoms with van der Waals surface area (Å²) in [4.78, 5) is 44.8. The van der Waals surface area contributed by atoms with Gasteiger partial charge in [-0.1, -0.05) is 0 Å². The summed E-state index contributed by atoms with van der Waals surface area (Å²) < 4.78 is 10.8. The molecule has 0 bridgehead atoms. The van der Waals surface area contributed by atoms with Crippen LogP contribution < -0.4 is 10.2 Å². The SMILES string of the molecule is COC(OC)C1CCN(c2ccc3c(n2)CN(C2CCC(=O)NC2=O)C3=O)CC1. The van der Waals surface area contributed by atoms with E-state index in [1.54, 1.807) is 20.3 Å². The van der Waals surface area contributed by atoms with Gasteiger partial charge in [0.2, 0.25) is 11.8 Å². The molecule has 9 nitrogen and oxygen atoms in total. The Labute approximate surface area is 169 Å². The van der Waals surface area contributed by atoms with E-state index in [0.717, 1.165) is 31.7 Å². The summed E-state index contributed by atoms with van der Waals surface area (Å²) in [6.45, 7) is 1.97. The molecule has 0 aliphatic carbocycles. The minimum absolute atomic E-state index is 0.190. The number of rotatable bonds is 5. The second-order valence-electron chi connectivity index (χ2n) is 7.73. The maximum absolute atomic E-state index is 12.8. The van der Waals surface area contributed by atoms with Gasteiger partial charge in [-0.05, 0) is 31.4 Å². The molecular formula is C20H26N4O5. The van der Waals surface area contributed by atoms with E-state index < -0.39 is 11.9 Å². The van der Waals surface area contributed by atoms with Gasteiger partial charge < -0.3 is 19.3 Å². The number of amides is 3. The average molecular weight is 402 g/mol. The number of piperidine rings is 2. The fourth-order valence-electron chi connectivity index (χ4n) is 4.48. The van der Waals surface area contributed by atoms with Gasteiger partial charge in [0, 0.05) is 39.6 Å². The first-order valence-electron chi connectivity index (χ1n) is 9.97. The van der Waals surface area contributed by atoms with Crippen LogP contribution in [0.5, 0.6) is 0 Å². The maximum atomic E-state index is 12.8. The summed E-state index contributed by atoms with van der Waals surface area (Å²) >= 11 is 0. The van der Waals surface area contributed by atoms with E-state index >= 15 is 0 Å². The summed E-state index contributed by atoms with van der Waals surface area (Å²) in [5, 5.41) is 2.32. The minimum atomic E-state index is -0.617. The third-order valence-corrected chi connectivity index (χ3v) is 6.07. The normalized spacial score (nSPS) is 23.0. The largest absolute Gasteiger partial charge is 0.357 e. The maximum Gasteiger partial charge on any atom is 0.256 e. The van der Waals surface area contributed by atoms with Crippen molar-refractivity contribution >= 4 is 23.5 Å². The van der Waals surface area contributed by atoms with Gasteiger partial charge in [-0.3, -0.25) is 19.7 Å².